The molecule has 0 fully saturated rings. The molecule has 0 heterocycles. The van der Waals surface area contributed by atoms with Crippen LogP contribution in [-0.2, 0) is 11.2 Å². The van der Waals surface area contributed by atoms with Crippen molar-refractivity contribution in [2.24, 2.45) is 11.5 Å². The lowest BCUT2D eigenvalue weighted by atomic mass is 10.0. The van der Waals surface area contributed by atoms with E-state index < -0.39 is 39.0 Å². The van der Waals surface area contributed by atoms with Crippen LogP contribution in [0.3, 0.4) is 0 Å². The van der Waals surface area contributed by atoms with Crippen molar-refractivity contribution < 1.29 is 23.8 Å². The minimum atomic E-state index is -1.21. The fourth-order valence-corrected chi connectivity index (χ4v) is 3.10. The van der Waals surface area contributed by atoms with Crippen LogP contribution in [-0.4, -0.2) is 45.4 Å². The Labute approximate surface area is 121 Å². The van der Waals surface area contributed by atoms with E-state index in [0.29, 0.717) is 9.99 Å². The first-order valence-corrected chi connectivity index (χ1v) is 7.53. The molecule has 1 radical (unpaired) electrons. The van der Waals surface area contributed by atoms with Gasteiger partial charge in [0.05, 0.1) is 7.11 Å². The van der Waals surface area contributed by atoms with Gasteiger partial charge < -0.3 is 21.3 Å². The van der Waals surface area contributed by atoms with Gasteiger partial charge in [-0.2, -0.15) is 0 Å². The number of hydrogen-bond donors (Lipinski definition) is 3. The van der Waals surface area contributed by atoms with E-state index in [9.17, 15) is 14.0 Å². The molecule has 1 aromatic carbocycles. The molecule has 0 aliphatic rings. The number of nitrogens with two attached hydrogens (primary N) is 2. The number of carbonyl (C=O) groups excluding carboxylic acids is 1. The fraction of sp³-hybridized carbons (Fsp3) is 0.333. The third-order valence-corrected chi connectivity index (χ3v) is 4.11. The van der Waals surface area contributed by atoms with Crippen LogP contribution in [0, 0.1) is 5.82 Å². The van der Waals surface area contributed by atoms with Gasteiger partial charge in [-0.1, -0.05) is 0 Å². The zero-order chi connectivity index (χ0) is 15.4. The second kappa shape index (κ2) is 6.70. The van der Waals surface area contributed by atoms with Crippen molar-refractivity contribution in [3.8, 4) is 5.75 Å². The topological polar surface area (TPSA) is 116 Å². The smallest absolute Gasteiger partial charge is 0.320 e. The maximum absolute atomic E-state index is 13.9. The Morgan fingerprint density at radius 1 is 1.55 bits per heavy atom. The Morgan fingerprint density at radius 3 is 2.55 bits per heavy atom. The van der Waals surface area contributed by atoms with Gasteiger partial charge in [0.1, 0.15) is 6.04 Å². The van der Waals surface area contributed by atoms with E-state index >= 15 is 0 Å². The maximum Gasteiger partial charge on any atom is 0.320 e. The van der Waals surface area contributed by atoms with Gasteiger partial charge in [-0.15, -0.1) is 10.2 Å². The minimum absolute atomic E-state index is 0.0494. The summed E-state index contributed by atoms with van der Waals surface area (Å²) < 4.78 is 19.4. The minimum Gasteiger partial charge on any atom is -0.493 e. The molecule has 20 heavy (non-hydrogen) atoms. The summed E-state index contributed by atoms with van der Waals surface area (Å²) in [6.07, 6.45) is -0.132. The Bertz CT molecular complexity index is 551. The summed E-state index contributed by atoms with van der Waals surface area (Å²) in [6, 6.07) is -0.195. The van der Waals surface area contributed by atoms with E-state index in [-0.39, 0.29) is 17.7 Å². The fourth-order valence-electron chi connectivity index (χ4n) is 1.96. The van der Waals surface area contributed by atoms with Crippen LogP contribution >= 0.6 is 0 Å². The van der Waals surface area contributed by atoms with Gasteiger partial charge in [0.2, 0.25) is 21.1 Å². The number of carboxylic acid groups (broad SMARTS) is 1. The second-order valence-corrected chi connectivity index (χ2v) is 5.29. The normalized spacial score (nSPS) is 11.8. The summed E-state index contributed by atoms with van der Waals surface area (Å²) in [4.78, 5) is 22.2. The number of primary amides is 1. The van der Waals surface area contributed by atoms with Gasteiger partial charge in [-0.25, -0.2) is 4.39 Å². The van der Waals surface area contributed by atoms with Crippen molar-refractivity contribution in [2.75, 3.05) is 7.11 Å². The molecule has 0 spiro atoms. The van der Waals surface area contributed by atoms with Crippen LogP contribution in [0.25, 0.3) is 0 Å². The van der Waals surface area contributed by atoms with Gasteiger partial charge in [0, 0.05) is 12.0 Å². The van der Waals surface area contributed by atoms with Gasteiger partial charge >= 0.3 is 5.97 Å². The Hall–Kier alpha value is -1.62. The van der Waals surface area contributed by atoms with Crippen molar-refractivity contribution in [3.63, 3.8) is 0 Å². The zero-order valence-corrected chi connectivity index (χ0v) is 12.3. The van der Waals surface area contributed by atoms with Gasteiger partial charge in [0.25, 0.3) is 0 Å². The highest BCUT2D eigenvalue weighted by atomic mass is 27.1. The van der Waals surface area contributed by atoms with E-state index in [1.165, 1.54) is 7.11 Å². The lowest BCUT2D eigenvalue weighted by Gasteiger charge is -2.18. The van der Waals surface area contributed by atoms with E-state index in [1.54, 1.807) is 0 Å². The van der Waals surface area contributed by atoms with Crippen molar-refractivity contribution in [2.45, 2.75) is 18.2 Å². The number of aliphatic carboxylic acids is 1. The number of benzene rings is 1. The van der Waals surface area contributed by atoms with Crippen LogP contribution < -0.4 is 20.6 Å². The molecule has 107 valence electrons. The van der Waals surface area contributed by atoms with Gasteiger partial charge in [-0.3, -0.25) is 9.59 Å². The summed E-state index contributed by atoms with van der Waals surface area (Å²) in [5.41, 5.74) is 11.1. The molecule has 8 heteroatoms. The third-order valence-electron chi connectivity index (χ3n) is 2.88. The number of amides is 1. The summed E-state index contributed by atoms with van der Waals surface area (Å²) in [7, 11) is 1.27. The molecule has 5 N–H and O–H groups in total. The first-order chi connectivity index (χ1) is 9.33. The standard InChI is InChI=1S/C11H12FN2O4.CH3.Al/c1-18-9-5(4-8(13)11(16)17)2-6(10(14)15)3-7(9)12;;/h3,8H,4,13H2,1H3,(H2,14,15)(H,16,17);1H3;. The van der Waals surface area contributed by atoms with Crippen LogP contribution in [0.1, 0.15) is 15.9 Å². The molecule has 0 saturated heterocycles. The molecule has 0 aliphatic carbocycles. The quantitative estimate of drug-likeness (QED) is 0.598. The molecular weight excluding hydrogens is 282 g/mol. The molecular formula is C12H15AlFN2O4. The van der Waals surface area contributed by atoms with Crippen molar-refractivity contribution >= 4 is 31.5 Å². The highest BCUT2D eigenvalue weighted by molar-refractivity contribution is 6.55. The summed E-state index contributed by atoms with van der Waals surface area (Å²) >= 11 is -0.403. The number of halogens is 1. The largest absolute Gasteiger partial charge is 0.493 e. The van der Waals surface area contributed by atoms with E-state index in [0.717, 1.165) is 6.07 Å². The van der Waals surface area contributed by atoms with Gasteiger partial charge in [0.15, 0.2) is 11.6 Å². The monoisotopic (exact) mass is 297 g/mol. The van der Waals surface area contributed by atoms with E-state index in [2.05, 4.69) is 0 Å². The van der Waals surface area contributed by atoms with Crippen LogP contribution in [0.5, 0.6) is 5.75 Å². The molecule has 1 atom stereocenters. The summed E-state index contributed by atoms with van der Waals surface area (Å²) in [6.45, 7) is 0. The van der Waals surface area contributed by atoms with Crippen LogP contribution in [0.4, 0.5) is 4.39 Å². The Balaban J connectivity index is 3.50. The second-order valence-electron chi connectivity index (χ2n) is 4.13. The SMILES string of the molecule is COc1c(F)cc(C(N)=O)[c]([Al][CH3])c1CC(N)C(=O)O. The predicted molar refractivity (Wildman–Crippen MR) is 72.0 cm³/mol. The number of hydrogen-bond acceptors (Lipinski definition) is 4. The third kappa shape index (κ3) is 3.28. The molecule has 1 aromatic rings. The Morgan fingerprint density at radius 2 is 2.15 bits per heavy atom. The zero-order valence-electron chi connectivity index (χ0n) is 11.1. The lowest BCUT2D eigenvalue weighted by molar-refractivity contribution is -0.138. The van der Waals surface area contributed by atoms with Crippen LogP contribution in [0.2, 0.25) is 5.79 Å². The van der Waals surface area contributed by atoms with Crippen molar-refractivity contribution in [1.29, 1.82) is 0 Å². The van der Waals surface area contributed by atoms with Crippen LogP contribution in [0.15, 0.2) is 6.07 Å². The number of ether oxygens (including phenoxy) is 1. The molecule has 0 aromatic heterocycles. The van der Waals surface area contributed by atoms with Crippen molar-refractivity contribution in [1.82, 2.24) is 0 Å². The average molecular weight is 297 g/mol. The maximum atomic E-state index is 13.9. The lowest BCUT2D eigenvalue weighted by Crippen LogP contribution is -2.37. The predicted octanol–water partition coefficient (Wildman–Crippen LogP) is -0.735. The molecule has 0 aliphatic heterocycles. The molecule has 0 bridgehead atoms. The highest BCUT2D eigenvalue weighted by Gasteiger charge is 2.23. The summed E-state index contributed by atoms with van der Waals surface area (Å²) in [5.74, 6) is -0.994. The molecule has 1 amide bonds. The van der Waals surface area contributed by atoms with Gasteiger partial charge in [-0.05, 0) is 11.6 Å². The molecule has 1 unspecified atom stereocenters. The van der Waals surface area contributed by atoms with E-state index in [1.807, 2.05) is 5.79 Å². The average Bonchev–Trinajstić information content (AvgIpc) is 2.38. The first kappa shape index (κ1) is 16.4. The summed E-state index contributed by atoms with van der Waals surface area (Å²) in [5, 5.41) is 8.87. The number of rotatable bonds is 6. The number of carboxylic acids is 1. The molecule has 0 saturated carbocycles. The first-order valence-electron chi connectivity index (χ1n) is 5.80. The molecule has 1 rings (SSSR count). The highest BCUT2D eigenvalue weighted by Crippen LogP contribution is 2.24. The van der Waals surface area contributed by atoms with E-state index in [4.69, 9.17) is 21.3 Å². The number of carbonyl (C=O) groups is 2. The molecule has 6 nitrogen and oxygen atoms in total. The van der Waals surface area contributed by atoms with Crippen molar-refractivity contribution in [3.05, 3.63) is 23.0 Å². The Kier molecular flexibility index (Phi) is 5.51. The number of methoxy groups -OCH3 is 1.